The summed E-state index contributed by atoms with van der Waals surface area (Å²) in [6.07, 6.45) is 6.86. The Labute approximate surface area is 109 Å². The second-order valence-electron chi connectivity index (χ2n) is 5.19. The van der Waals surface area contributed by atoms with Crippen LogP contribution in [0.1, 0.15) is 37.7 Å². The molecule has 0 amide bonds. The fourth-order valence-electron chi connectivity index (χ4n) is 2.53. The fourth-order valence-corrected chi connectivity index (χ4v) is 3.51. The molecule has 1 aliphatic rings. The SMILES string of the molecule is Cc1ccc(SCC(N)C2CCCCC2)cc1. The zero-order valence-corrected chi connectivity index (χ0v) is 11.5. The van der Waals surface area contributed by atoms with E-state index in [1.54, 1.807) is 0 Å². The lowest BCUT2D eigenvalue weighted by atomic mass is 9.85. The molecule has 1 nitrogen and oxygen atoms in total. The zero-order valence-electron chi connectivity index (χ0n) is 10.7. The average molecular weight is 249 g/mol. The van der Waals surface area contributed by atoms with Crippen LogP contribution in [-0.2, 0) is 0 Å². The summed E-state index contributed by atoms with van der Waals surface area (Å²) in [7, 11) is 0. The normalized spacial score (nSPS) is 19.2. The van der Waals surface area contributed by atoms with Gasteiger partial charge < -0.3 is 5.73 Å². The Kier molecular flexibility index (Phi) is 4.93. The molecule has 1 atom stereocenters. The number of aryl methyl sites for hydroxylation is 1. The van der Waals surface area contributed by atoms with Gasteiger partial charge in [-0.2, -0.15) is 0 Å². The van der Waals surface area contributed by atoms with E-state index in [1.165, 1.54) is 42.6 Å². The minimum absolute atomic E-state index is 0.376. The first-order valence-corrected chi connectivity index (χ1v) is 7.69. The molecule has 0 bridgehead atoms. The molecule has 1 fully saturated rings. The van der Waals surface area contributed by atoms with Crippen LogP contribution in [0.15, 0.2) is 29.2 Å². The van der Waals surface area contributed by atoms with Crippen LogP contribution < -0.4 is 5.73 Å². The van der Waals surface area contributed by atoms with E-state index in [1.807, 2.05) is 11.8 Å². The van der Waals surface area contributed by atoms with Gasteiger partial charge in [0.1, 0.15) is 0 Å². The highest BCUT2D eigenvalue weighted by atomic mass is 32.2. The van der Waals surface area contributed by atoms with Crippen LogP contribution in [0.25, 0.3) is 0 Å². The molecule has 0 heterocycles. The Bertz CT molecular complexity index is 327. The van der Waals surface area contributed by atoms with Gasteiger partial charge in [-0.05, 0) is 37.8 Å². The lowest BCUT2D eigenvalue weighted by Gasteiger charge is -2.27. The van der Waals surface area contributed by atoms with E-state index in [0.29, 0.717) is 6.04 Å². The topological polar surface area (TPSA) is 26.0 Å². The van der Waals surface area contributed by atoms with Gasteiger partial charge in [-0.25, -0.2) is 0 Å². The summed E-state index contributed by atoms with van der Waals surface area (Å²) in [4.78, 5) is 1.35. The molecule has 2 heteroatoms. The maximum Gasteiger partial charge on any atom is 0.0162 e. The van der Waals surface area contributed by atoms with E-state index in [0.717, 1.165) is 11.7 Å². The van der Waals surface area contributed by atoms with E-state index in [4.69, 9.17) is 5.73 Å². The van der Waals surface area contributed by atoms with Crippen molar-refractivity contribution in [2.45, 2.75) is 50.0 Å². The van der Waals surface area contributed by atoms with Crippen LogP contribution in [0.2, 0.25) is 0 Å². The Morgan fingerprint density at radius 2 is 1.82 bits per heavy atom. The minimum Gasteiger partial charge on any atom is -0.327 e. The molecule has 0 saturated heterocycles. The average Bonchev–Trinajstić information content (AvgIpc) is 2.39. The van der Waals surface area contributed by atoms with Gasteiger partial charge in [0.25, 0.3) is 0 Å². The Morgan fingerprint density at radius 1 is 1.18 bits per heavy atom. The number of hydrogen-bond acceptors (Lipinski definition) is 2. The summed E-state index contributed by atoms with van der Waals surface area (Å²) >= 11 is 1.91. The van der Waals surface area contributed by atoms with Crippen LogP contribution in [0.3, 0.4) is 0 Å². The third-order valence-electron chi connectivity index (χ3n) is 3.72. The molecule has 2 rings (SSSR count). The van der Waals surface area contributed by atoms with Gasteiger partial charge in [0, 0.05) is 16.7 Å². The summed E-state index contributed by atoms with van der Waals surface area (Å²) in [5, 5.41) is 0. The van der Waals surface area contributed by atoms with E-state index in [2.05, 4.69) is 31.2 Å². The fraction of sp³-hybridized carbons (Fsp3) is 0.600. The summed E-state index contributed by atoms with van der Waals surface area (Å²) in [6.45, 7) is 2.13. The zero-order chi connectivity index (χ0) is 12.1. The van der Waals surface area contributed by atoms with Crippen LogP contribution in [0.5, 0.6) is 0 Å². The molecular formula is C15H23NS. The van der Waals surface area contributed by atoms with Crippen molar-refractivity contribution in [1.82, 2.24) is 0 Å². The molecule has 1 saturated carbocycles. The van der Waals surface area contributed by atoms with Crippen molar-refractivity contribution in [3.63, 3.8) is 0 Å². The molecular weight excluding hydrogens is 226 g/mol. The number of benzene rings is 1. The molecule has 2 N–H and O–H groups in total. The van der Waals surface area contributed by atoms with Crippen LogP contribution in [-0.4, -0.2) is 11.8 Å². The van der Waals surface area contributed by atoms with Gasteiger partial charge in [0.2, 0.25) is 0 Å². The largest absolute Gasteiger partial charge is 0.327 e. The second kappa shape index (κ2) is 6.46. The van der Waals surface area contributed by atoms with E-state index >= 15 is 0 Å². The number of rotatable bonds is 4. The lowest BCUT2D eigenvalue weighted by Crippen LogP contribution is -2.33. The Morgan fingerprint density at radius 3 is 2.47 bits per heavy atom. The van der Waals surface area contributed by atoms with Crippen molar-refractivity contribution in [2.24, 2.45) is 11.7 Å². The summed E-state index contributed by atoms with van der Waals surface area (Å²) in [5.74, 6) is 1.83. The second-order valence-corrected chi connectivity index (χ2v) is 6.28. The van der Waals surface area contributed by atoms with E-state index in [-0.39, 0.29) is 0 Å². The highest BCUT2D eigenvalue weighted by molar-refractivity contribution is 7.99. The van der Waals surface area contributed by atoms with Gasteiger partial charge in [-0.3, -0.25) is 0 Å². The maximum absolute atomic E-state index is 6.31. The number of hydrogen-bond donors (Lipinski definition) is 1. The van der Waals surface area contributed by atoms with Crippen molar-refractivity contribution < 1.29 is 0 Å². The highest BCUT2D eigenvalue weighted by Gasteiger charge is 2.20. The van der Waals surface area contributed by atoms with Crippen LogP contribution in [0.4, 0.5) is 0 Å². The highest BCUT2D eigenvalue weighted by Crippen LogP contribution is 2.28. The van der Waals surface area contributed by atoms with Crippen molar-refractivity contribution in [1.29, 1.82) is 0 Å². The van der Waals surface area contributed by atoms with Crippen molar-refractivity contribution >= 4 is 11.8 Å². The van der Waals surface area contributed by atoms with Crippen molar-refractivity contribution in [3.05, 3.63) is 29.8 Å². The first-order chi connectivity index (χ1) is 8.25. The predicted octanol–water partition coefficient (Wildman–Crippen LogP) is 3.99. The molecule has 94 valence electrons. The lowest BCUT2D eigenvalue weighted by molar-refractivity contribution is 0.319. The molecule has 0 spiro atoms. The Balaban J connectivity index is 1.78. The van der Waals surface area contributed by atoms with Gasteiger partial charge in [-0.1, -0.05) is 37.0 Å². The standard InChI is InChI=1S/C15H23NS/c1-12-7-9-14(10-8-12)17-11-15(16)13-5-3-2-4-6-13/h7-10,13,15H,2-6,11,16H2,1H3. The first-order valence-electron chi connectivity index (χ1n) is 6.71. The van der Waals surface area contributed by atoms with Gasteiger partial charge in [0.05, 0.1) is 0 Å². The maximum atomic E-state index is 6.31. The van der Waals surface area contributed by atoms with Gasteiger partial charge >= 0.3 is 0 Å². The molecule has 1 aliphatic carbocycles. The van der Waals surface area contributed by atoms with E-state index < -0.39 is 0 Å². The van der Waals surface area contributed by atoms with Crippen LogP contribution >= 0.6 is 11.8 Å². The Hall–Kier alpha value is -0.470. The number of nitrogens with two attached hydrogens (primary N) is 1. The molecule has 1 aromatic rings. The molecule has 0 aliphatic heterocycles. The quantitative estimate of drug-likeness (QED) is 0.816. The van der Waals surface area contributed by atoms with Crippen molar-refractivity contribution in [2.75, 3.05) is 5.75 Å². The summed E-state index contributed by atoms with van der Waals surface area (Å²) < 4.78 is 0. The van der Waals surface area contributed by atoms with Crippen LogP contribution in [0, 0.1) is 12.8 Å². The molecule has 1 unspecified atom stereocenters. The van der Waals surface area contributed by atoms with Gasteiger partial charge in [-0.15, -0.1) is 11.8 Å². The third kappa shape index (κ3) is 4.04. The third-order valence-corrected chi connectivity index (χ3v) is 4.88. The van der Waals surface area contributed by atoms with Gasteiger partial charge in [0.15, 0.2) is 0 Å². The predicted molar refractivity (Wildman–Crippen MR) is 76.5 cm³/mol. The monoisotopic (exact) mass is 249 g/mol. The van der Waals surface area contributed by atoms with E-state index in [9.17, 15) is 0 Å². The summed E-state index contributed by atoms with van der Waals surface area (Å²) in [6, 6.07) is 9.13. The molecule has 0 aromatic heterocycles. The first kappa shape index (κ1) is 13.0. The smallest absolute Gasteiger partial charge is 0.0162 e. The number of thioether (sulfide) groups is 1. The molecule has 17 heavy (non-hydrogen) atoms. The summed E-state index contributed by atoms with van der Waals surface area (Å²) in [5.41, 5.74) is 7.63. The molecule has 1 aromatic carbocycles. The molecule has 0 radical (unpaired) electrons. The van der Waals surface area contributed by atoms with Crippen molar-refractivity contribution in [3.8, 4) is 0 Å². The minimum atomic E-state index is 0.376.